The topological polar surface area (TPSA) is 66.9 Å². The van der Waals surface area contributed by atoms with E-state index in [0.717, 1.165) is 28.6 Å². The predicted octanol–water partition coefficient (Wildman–Crippen LogP) is 3.78. The number of thioether (sulfide) groups is 1. The van der Waals surface area contributed by atoms with Crippen molar-refractivity contribution < 1.29 is 19.1 Å². The van der Waals surface area contributed by atoms with Gasteiger partial charge in [0.1, 0.15) is 0 Å². The third-order valence-corrected chi connectivity index (χ3v) is 5.20. The van der Waals surface area contributed by atoms with Crippen molar-refractivity contribution in [2.45, 2.75) is 6.54 Å². The summed E-state index contributed by atoms with van der Waals surface area (Å²) in [6.45, 7) is 0.156. The SMILES string of the molecule is COC(=O)c1ccc(CN2C(=O)S/C(=C/c3ccc(N(C)C)cc3)C2=O)cc1. The van der Waals surface area contributed by atoms with Crippen LogP contribution in [-0.2, 0) is 16.1 Å². The second kappa shape index (κ2) is 8.31. The highest BCUT2D eigenvalue weighted by Crippen LogP contribution is 2.33. The smallest absolute Gasteiger partial charge is 0.337 e. The fourth-order valence-electron chi connectivity index (χ4n) is 2.70. The van der Waals surface area contributed by atoms with Gasteiger partial charge in [0, 0.05) is 19.8 Å². The molecule has 28 heavy (non-hydrogen) atoms. The Morgan fingerprint density at radius 2 is 1.71 bits per heavy atom. The van der Waals surface area contributed by atoms with Gasteiger partial charge in [-0.2, -0.15) is 0 Å². The van der Waals surface area contributed by atoms with E-state index in [1.807, 2.05) is 43.3 Å². The molecule has 0 atom stereocenters. The van der Waals surface area contributed by atoms with Crippen LogP contribution < -0.4 is 4.90 Å². The molecule has 0 unspecified atom stereocenters. The van der Waals surface area contributed by atoms with Crippen LogP contribution in [0.3, 0.4) is 0 Å². The first-order valence-corrected chi connectivity index (χ1v) is 9.40. The van der Waals surface area contributed by atoms with E-state index in [1.165, 1.54) is 12.0 Å². The molecule has 3 rings (SSSR count). The Kier molecular flexibility index (Phi) is 5.84. The zero-order valence-corrected chi connectivity index (χ0v) is 16.7. The van der Waals surface area contributed by atoms with E-state index in [2.05, 4.69) is 4.74 Å². The van der Waals surface area contributed by atoms with Gasteiger partial charge in [-0.25, -0.2) is 4.79 Å². The van der Waals surface area contributed by atoms with Gasteiger partial charge in [-0.05, 0) is 53.2 Å². The van der Waals surface area contributed by atoms with Gasteiger partial charge in [-0.3, -0.25) is 14.5 Å². The minimum atomic E-state index is -0.430. The minimum absolute atomic E-state index is 0.156. The number of benzene rings is 2. The molecule has 7 heteroatoms. The first kappa shape index (κ1) is 19.7. The summed E-state index contributed by atoms with van der Waals surface area (Å²) in [5, 5.41) is -0.307. The van der Waals surface area contributed by atoms with Crippen molar-refractivity contribution in [2.24, 2.45) is 0 Å². The van der Waals surface area contributed by atoms with Crippen molar-refractivity contribution in [1.29, 1.82) is 0 Å². The summed E-state index contributed by atoms with van der Waals surface area (Å²) in [4.78, 5) is 40.0. The summed E-state index contributed by atoms with van der Waals surface area (Å²) < 4.78 is 4.66. The first-order chi connectivity index (χ1) is 13.4. The van der Waals surface area contributed by atoms with Crippen molar-refractivity contribution in [3.8, 4) is 0 Å². The van der Waals surface area contributed by atoms with E-state index in [0.29, 0.717) is 10.5 Å². The maximum absolute atomic E-state index is 12.7. The summed E-state index contributed by atoms with van der Waals surface area (Å²) >= 11 is 0.932. The molecular formula is C21H20N2O4S. The standard InChI is InChI=1S/C21H20N2O4S/c1-22(2)17-10-6-14(7-11-17)12-18-19(24)23(21(26)28-18)13-15-4-8-16(9-5-15)20(25)27-3/h4-12H,13H2,1-3H3/b18-12+. The lowest BCUT2D eigenvalue weighted by Crippen LogP contribution is -2.27. The molecule has 2 aromatic carbocycles. The van der Waals surface area contributed by atoms with Gasteiger partial charge >= 0.3 is 5.97 Å². The molecule has 1 saturated heterocycles. The zero-order valence-electron chi connectivity index (χ0n) is 15.8. The predicted molar refractivity (Wildman–Crippen MR) is 110 cm³/mol. The molecular weight excluding hydrogens is 376 g/mol. The average molecular weight is 396 g/mol. The molecule has 2 aromatic rings. The molecule has 1 aliphatic rings. The molecule has 1 fully saturated rings. The van der Waals surface area contributed by atoms with Crippen molar-refractivity contribution in [3.63, 3.8) is 0 Å². The molecule has 2 amide bonds. The number of esters is 1. The molecule has 0 saturated carbocycles. The largest absolute Gasteiger partial charge is 0.465 e. The number of hydrogen-bond donors (Lipinski definition) is 0. The fraction of sp³-hybridized carbons (Fsp3) is 0.190. The van der Waals surface area contributed by atoms with Crippen molar-refractivity contribution in [2.75, 3.05) is 26.1 Å². The van der Waals surface area contributed by atoms with E-state index < -0.39 is 5.97 Å². The third-order valence-electron chi connectivity index (χ3n) is 4.30. The van der Waals surface area contributed by atoms with E-state index in [-0.39, 0.29) is 17.7 Å². The molecule has 0 spiro atoms. The number of methoxy groups -OCH3 is 1. The van der Waals surface area contributed by atoms with Crippen LogP contribution in [-0.4, -0.2) is 43.2 Å². The van der Waals surface area contributed by atoms with E-state index in [9.17, 15) is 14.4 Å². The van der Waals surface area contributed by atoms with E-state index in [1.54, 1.807) is 30.3 Å². The molecule has 0 bridgehead atoms. The van der Waals surface area contributed by atoms with Gasteiger partial charge in [0.15, 0.2) is 0 Å². The van der Waals surface area contributed by atoms with Crippen molar-refractivity contribution in [1.82, 2.24) is 4.90 Å². The highest BCUT2D eigenvalue weighted by Gasteiger charge is 2.34. The quantitative estimate of drug-likeness (QED) is 0.566. The lowest BCUT2D eigenvalue weighted by Gasteiger charge is -2.13. The number of ether oxygens (including phenoxy) is 1. The normalized spacial score (nSPS) is 15.2. The van der Waals surface area contributed by atoms with Gasteiger partial charge in [0.25, 0.3) is 11.1 Å². The lowest BCUT2D eigenvalue weighted by atomic mass is 10.1. The Labute approximate surface area is 167 Å². The van der Waals surface area contributed by atoms with Crippen LogP contribution in [0.15, 0.2) is 53.4 Å². The Bertz CT molecular complexity index is 934. The van der Waals surface area contributed by atoms with Crippen LogP contribution >= 0.6 is 11.8 Å². The summed E-state index contributed by atoms with van der Waals surface area (Å²) in [7, 11) is 5.23. The second-order valence-electron chi connectivity index (χ2n) is 6.44. The zero-order chi connectivity index (χ0) is 20.3. The molecule has 0 aromatic heterocycles. The minimum Gasteiger partial charge on any atom is -0.465 e. The number of hydrogen-bond acceptors (Lipinski definition) is 6. The van der Waals surface area contributed by atoms with Gasteiger partial charge in [-0.1, -0.05) is 24.3 Å². The van der Waals surface area contributed by atoms with Gasteiger partial charge in [0.05, 0.1) is 24.1 Å². The first-order valence-electron chi connectivity index (χ1n) is 8.59. The van der Waals surface area contributed by atoms with Crippen molar-refractivity contribution in [3.05, 3.63) is 70.1 Å². The maximum Gasteiger partial charge on any atom is 0.337 e. The van der Waals surface area contributed by atoms with Gasteiger partial charge in [0.2, 0.25) is 0 Å². The summed E-state index contributed by atoms with van der Waals surface area (Å²) in [5.41, 5.74) is 3.09. The summed E-state index contributed by atoms with van der Waals surface area (Å²) in [6.07, 6.45) is 1.73. The third kappa shape index (κ3) is 4.26. The van der Waals surface area contributed by atoms with Gasteiger partial charge < -0.3 is 9.64 Å². The van der Waals surface area contributed by atoms with E-state index in [4.69, 9.17) is 0 Å². The highest BCUT2D eigenvalue weighted by atomic mass is 32.2. The summed E-state index contributed by atoms with van der Waals surface area (Å²) in [5.74, 6) is -0.746. The van der Waals surface area contributed by atoms with Crippen LogP contribution in [0, 0.1) is 0 Å². The van der Waals surface area contributed by atoms with Crippen LogP contribution in [0.2, 0.25) is 0 Å². The molecule has 144 valence electrons. The second-order valence-corrected chi connectivity index (χ2v) is 7.44. The average Bonchev–Trinajstić information content (AvgIpc) is 2.95. The lowest BCUT2D eigenvalue weighted by molar-refractivity contribution is -0.123. The molecule has 1 heterocycles. The number of carbonyl (C=O) groups is 3. The van der Waals surface area contributed by atoms with Crippen LogP contribution in [0.25, 0.3) is 6.08 Å². The Morgan fingerprint density at radius 3 is 2.29 bits per heavy atom. The Balaban J connectivity index is 1.73. The number of anilines is 1. The summed E-state index contributed by atoms with van der Waals surface area (Å²) in [6, 6.07) is 14.4. The Hall–Kier alpha value is -3.06. The Morgan fingerprint density at radius 1 is 1.07 bits per heavy atom. The molecule has 0 aliphatic carbocycles. The monoisotopic (exact) mass is 396 g/mol. The number of carbonyl (C=O) groups excluding carboxylic acids is 3. The van der Waals surface area contributed by atoms with Gasteiger partial charge in [-0.15, -0.1) is 0 Å². The van der Waals surface area contributed by atoms with Crippen LogP contribution in [0.1, 0.15) is 21.5 Å². The molecule has 1 aliphatic heterocycles. The molecule has 0 radical (unpaired) electrons. The van der Waals surface area contributed by atoms with E-state index >= 15 is 0 Å². The molecule has 0 N–H and O–H groups in total. The highest BCUT2D eigenvalue weighted by molar-refractivity contribution is 8.18. The number of imide groups is 1. The fourth-order valence-corrected chi connectivity index (χ4v) is 3.54. The number of amides is 2. The number of nitrogens with zero attached hydrogens (tertiary/aromatic N) is 2. The van der Waals surface area contributed by atoms with Crippen LogP contribution in [0.5, 0.6) is 0 Å². The van der Waals surface area contributed by atoms with Crippen molar-refractivity contribution >= 4 is 40.6 Å². The number of rotatable bonds is 5. The van der Waals surface area contributed by atoms with Crippen LogP contribution in [0.4, 0.5) is 10.5 Å². The molecule has 6 nitrogen and oxygen atoms in total. The maximum atomic E-state index is 12.7.